The molecule has 2 aromatic rings. The highest BCUT2D eigenvalue weighted by Gasteiger charge is 2.12. The van der Waals surface area contributed by atoms with E-state index in [1.807, 2.05) is 17.8 Å². The van der Waals surface area contributed by atoms with Crippen LogP contribution in [0.4, 0.5) is 0 Å². The largest absolute Gasteiger partial charge is 0.337 e. The molecule has 2 aromatic heterocycles. The lowest BCUT2D eigenvalue weighted by molar-refractivity contribution is 0.0785. The van der Waals surface area contributed by atoms with Crippen molar-refractivity contribution in [1.29, 1.82) is 0 Å². The van der Waals surface area contributed by atoms with E-state index in [1.165, 1.54) is 0 Å². The van der Waals surface area contributed by atoms with Crippen molar-refractivity contribution in [3.8, 4) is 0 Å². The summed E-state index contributed by atoms with van der Waals surface area (Å²) in [5, 5.41) is 4.19. The highest BCUT2D eigenvalue weighted by Crippen LogP contribution is 2.07. The number of aromatic nitrogens is 3. The van der Waals surface area contributed by atoms with Crippen LogP contribution in [0.3, 0.4) is 0 Å². The van der Waals surface area contributed by atoms with E-state index >= 15 is 0 Å². The van der Waals surface area contributed by atoms with Crippen LogP contribution in [-0.4, -0.2) is 32.6 Å². The molecule has 0 aliphatic carbocycles. The van der Waals surface area contributed by atoms with Crippen molar-refractivity contribution in [2.24, 2.45) is 0 Å². The number of pyridine rings is 1. The van der Waals surface area contributed by atoms with Crippen molar-refractivity contribution in [3.05, 3.63) is 48.0 Å². The lowest BCUT2D eigenvalue weighted by Gasteiger charge is -2.15. The molecule has 0 unspecified atom stereocenters. The Morgan fingerprint density at radius 2 is 2.11 bits per heavy atom. The maximum Gasteiger partial charge on any atom is 0.254 e. The zero-order valence-electron chi connectivity index (χ0n) is 10.6. The number of rotatable bonds is 4. The molecular formula is C13H16N4O. The Hall–Kier alpha value is -2.17. The first kappa shape index (κ1) is 12.3. The number of hydrogen-bond acceptors (Lipinski definition) is 3. The van der Waals surface area contributed by atoms with Gasteiger partial charge in [-0.3, -0.25) is 14.5 Å². The lowest BCUT2D eigenvalue weighted by atomic mass is 10.2. The monoisotopic (exact) mass is 244 g/mol. The van der Waals surface area contributed by atoms with Gasteiger partial charge in [0, 0.05) is 49.9 Å². The van der Waals surface area contributed by atoms with Gasteiger partial charge in [0.05, 0.1) is 6.20 Å². The second-order valence-corrected chi connectivity index (χ2v) is 4.10. The molecule has 18 heavy (non-hydrogen) atoms. The molecule has 0 N–H and O–H groups in total. The van der Waals surface area contributed by atoms with Crippen molar-refractivity contribution in [3.63, 3.8) is 0 Å². The third-order valence-corrected chi connectivity index (χ3v) is 2.70. The molecule has 0 atom stereocenters. The molecule has 0 aliphatic heterocycles. The molecule has 0 saturated heterocycles. The van der Waals surface area contributed by atoms with E-state index in [4.69, 9.17) is 0 Å². The van der Waals surface area contributed by atoms with Crippen molar-refractivity contribution < 1.29 is 4.79 Å². The van der Waals surface area contributed by atoms with Gasteiger partial charge >= 0.3 is 0 Å². The van der Waals surface area contributed by atoms with Gasteiger partial charge in [0.25, 0.3) is 5.91 Å². The fourth-order valence-corrected chi connectivity index (χ4v) is 1.72. The Morgan fingerprint density at radius 1 is 1.39 bits per heavy atom. The molecule has 5 nitrogen and oxygen atoms in total. The van der Waals surface area contributed by atoms with Gasteiger partial charge in [0.15, 0.2) is 0 Å². The van der Waals surface area contributed by atoms with E-state index in [9.17, 15) is 4.79 Å². The van der Waals surface area contributed by atoms with Crippen molar-refractivity contribution >= 4 is 5.91 Å². The molecule has 2 heterocycles. The summed E-state index contributed by atoms with van der Waals surface area (Å²) in [6.07, 6.45) is 6.99. The summed E-state index contributed by atoms with van der Waals surface area (Å²) in [5.74, 6) is -0.0124. The summed E-state index contributed by atoms with van der Waals surface area (Å²) in [4.78, 5) is 17.7. The van der Waals surface area contributed by atoms with Gasteiger partial charge in [-0.15, -0.1) is 0 Å². The zero-order valence-corrected chi connectivity index (χ0v) is 10.6. The second kappa shape index (κ2) is 5.44. The number of carbonyl (C=O) groups excluding carboxylic acids is 1. The quantitative estimate of drug-likeness (QED) is 0.820. The summed E-state index contributed by atoms with van der Waals surface area (Å²) in [7, 11) is 1.78. The van der Waals surface area contributed by atoms with Gasteiger partial charge in [-0.2, -0.15) is 5.10 Å². The molecule has 1 amide bonds. The highest BCUT2D eigenvalue weighted by atomic mass is 16.2. The topological polar surface area (TPSA) is 51.0 Å². The SMILES string of the molecule is CCn1cc(CN(C)C(=O)c2ccncc2)cn1. The number of carbonyl (C=O) groups is 1. The number of amides is 1. The van der Waals surface area contributed by atoms with Gasteiger partial charge in [-0.25, -0.2) is 0 Å². The third-order valence-electron chi connectivity index (χ3n) is 2.70. The van der Waals surface area contributed by atoms with Crippen molar-refractivity contribution in [2.75, 3.05) is 7.05 Å². The molecule has 5 heteroatoms. The van der Waals surface area contributed by atoms with Gasteiger partial charge in [-0.05, 0) is 19.1 Å². The predicted octanol–water partition coefficient (Wildman–Crippen LogP) is 1.57. The smallest absolute Gasteiger partial charge is 0.254 e. The van der Waals surface area contributed by atoms with Crippen LogP contribution in [-0.2, 0) is 13.1 Å². The standard InChI is InChI=1S/C13H16N4O/c1-3-17-10-11(8-15-17)9-16(2)13(18)12-4-6-14-7-5-12/h4-8,10H,3,9H2,1-2H3. The van der Waals surface area contributed by atoms with E-state index in [0.29, 0.717) is 12.1 Å². The second-order valence-electron chi connectivity index (χ2n) is 4.10. The minimum atomic E-state index is -0.0124. The van der Waals surface area contributed by atoms with Crippen LogP contribution >= 0.6 is 0 Å². The molecule has 0 bridgehead atoms. The normalized spacial score (nSPS) is 10.3. The van der Waals surface area contributed by atoms with Crippen molar-refractivity contribution in [1.82, 2.24) is 19.7 Å². The molecule has 0 spiro atoms. The van der Waals surface area contributed by atoms with Crippen LogP contribution in [0, 0.1) is 0 Å². The molecule has 0 radical (unpaired) electrons. The molecular weight excluding hydrogens is 228 g/mol. The zero-order chi connectivity index (χ0) is 13.0. The van der Waals surface area contributed by atoms with Crippen molar-refractivity contribution in [2.45, 2.75) is 20.0 Å². The van der Waals surface area contributed by atoms with E-state index in [0.717, 1.165) is 12.1 Å². The van der Waals surface area contributed by atoms with Gasteiger partial charge < -0.3 is 4.90 Å². The maximum absolute atomic E-state index is 12.1. The first-order valence-electron chi connectivity index (χ1n) is 5.87. The summed E-state index contributed by atoms with van der Waals surface area (Å²) in [6.45, 7) is 3.42. The minimum Gasteiger partial charge on any atom is -0.337 e. The molecule has 0 aromatic carbocycles. The Morgan fingerprint density at radius 3 is 2.72 bits per heavy atom. The Labute approximate surface area is 106 Å². The highest BCUT2D eigenvalue weighted by molar-refractivity contribution is 5.93. The molecule has 2 rings (SSSR count). The average molecular weight is 244 g/mol. The Bertz CT molecular complexity index is 521. The minimum absolute atomic E-state index is 0.0124. The number of aryl methyl sites for hydroxylation is 1. The Kier molecular flexibility index (Phi) is 3.72. The summed E-state index contributed by atoms with van der Waals surface area (Å²) in [5.41, 5.74) is 1.68. The van der Waals surface area contributed by atoms with Crippen LogP contribution in [0.1, 0.15) is 22.8 Å². The predicted molar refractivity (Wildman–Crippen MR) is 67.9 cm³/mol. The van der Waals surface area contributed by atoms with Gasteiger partial charge in [0.2, 0.25) is 0 Å². The van der Waals surface area contributed by atoms with Crippen LogP contribution in [0.2, 0.25) is 0 Å². The Balaban J connectivity index is 2.03. The number of nitrogens with zero attached hydrogens (tertiary/aromatic N) is 4. The van der Waals surface area contributed by atoms with E-state index in [1.54, 1.807) is 42.7 Å². The first-order chi connectivity index (χ1) is 8.70. The van der Waals surface area contributed by atoms with Crippen LogP contribution in [0.5, 0.6) is 0 Å². The van der Waals surface area contributed by atoms with E-state index < -0.39 is 0 Å². The third kappa shape index (κ3) is 2.74. The summed E-state index contributed by atoms with van der Waals surface area (Å²) < 4.78 is 1.85. The molecule has 0 fully saturated rings. The van der Waals surface area contributed by atoms with Crippen LogP contribution in [0.15, 0.2) is 36.9 Å². The van der Waals surface area contributed by atoms with Crippen LogP contribution < -0.4 is 0 Å². The molecule has 94 valence electrons. The summed E-state index contributed by atoms with van der Waals surface area (Å²) >= 11 is 0. The maximum atomic E-state index is 12.1. The van der Waals surface area contributed by atoms with E-state index in [2.05, 4.69) is 10.1 Å². The summed E-state index contributed by atoms with van der Waals surface area (Å²) in [6, 6.07) is 3.43. The van der Waals surface area contributed by atoms with Gasteiger partial charge in [-0.1, -0.05) is 0 Å². The van der Waals surface area contributed by atoms with E-state index in [-0.39, 0.29) is 5.91 Å². The lowest BCUT2D eigenvalue weighted by Crippen LogP contribution is -2.26. The van der Waals surface area contributed by atoms with Gasteiger partial charge in [0.1, 0.15) is 0 Å². The average Bonchev–Trinajstić information content (AvgIpc) is 2.86. The molecule has 0 aliphatic rings. The fourth-order valence-electron chi connectivity index (χ4n) is 1.72. The first-order valence-corrected chi connectivity index (χ1v) is 5.87. The molecule has 0 saturated carbocycles. The fraction of sp³-hybridized carbons (Fsp3) is 0.308. The number of hydrogen-bond donors (Lipinski definition) is 0. The van der Waals surface area contributed by atoms with Crippen LogP contribution in [0.25, 0.3) is 0 Å².